The lowest BCUT2D eigenvalue weighted by atomic mass is 9.95. The van der Waals surface area contributed by atoms with Gasteiger partial charge >= 0.3 is 0 Å². The van der Waals surface area contributed by atoms with Crippen LogP contribution < -0.4 is 5.32 Å². The van der Waals surface area contributed by atoms with E-state index >= 15 is 0 Å². The second-order valence-electron chi connectivity index (χ2n) is 7.11. The Bertz CT molecular complexity index is 484. The van der Waals surface area contributed by atoms with Crippen LogP contribution in [0.2, 0.25) is 0 Å². The van der Waals surface area contributed by atoms with E-state index in [1.54, 1.807) is 0 Å². The van der Waals surface area contributed by atoms with Gasteiger partial charge in [-0.3, -0.25) is 4.79 Å². The molecule has 3 saturated carbocycles. The average molecular weight is 313 g/mol. The van der Waals surface area contributed by atoms with E-state index in [0.29, 0.717) is 12.8 Å². The number of sulfone groups is 1. The van der Waals surface area contributed by atoms with Gasteiger partial charge in [0, 0.05) is 6.04 Å². The third kappa shape index (κ3) is 2.86. The number of hydrogen-bond donors (Lipinski definition) is 1. The lowest BCUT2D eigenvalue weighted by Crippen LogP contribution is -2.49. The lowest BCUT2D eigenvalue weighted by molar-refractivity contribution is -0.122. The van der Waals surface area contributed by atoms with E-state index in [1.165, 1.54) is 6.42 Å². The van der Waals surface area contributed by atoms with Crippen molar-refractivity contribution in [2.75, 3.05) is 0 Å². The van der Waals surface area contributed by atoms with Gasteiger partial charge in [-0.15, -0.1) is 0 Å². The number of carbonyl (C=O) groups is 1. The molecule has 1 amide bonds. The first-order valence-corrected chi connectivity index (χ1v) is 10.2. The summed E-state index contributed by atoms with van der Waals surface area (Å²) in [5.41, 5.74) is 0. The highest BCUT2D eigenvalue weighted by Crippen LogP contribution is 2.48. The molecule has 0 saturated heterocycles. The van der Waals surface area contributed by atoms with Crippen LogP contribution in [0.25, 0.3) is 0 Å². The Hall–Kier alpha value is -0.580. The Morgan fingerprint density at radius 3 is 1.90 bits per heavy atom. The second kappa shape index (κ2) is 5.90. The quantitative estimate of drug-likeness (QED) is 0.868. The third-order valence-electron chi connectivity index (χ3n) is 5.59. The minimum atomic E-state index is -3.31. The van der Waals surface area contributed by atoms with Crippen molar-refractivity contribution < 1.29 is 13.2 Å². The first-order chi connectivity index (χ1) is 10.1. The summed E-state index contributed by atoms with van der Waals surface area (Å²) in [6.07, 6.45) is 11.2. The molecule has 3 aliphatic carbocycles. The van der Waals surface area contributed by atoms with Crippen molar-refractivity contribution in [3.8, 4) is 0 Å². The molecule has 0 aromatic heterocycles. The number of nitrogens with one attached hydrogen (secondary N) is 1. The molecule has 0 spiro atoms. The van der Waals surface area contributed by atoms with Crippen LogP contribution in [0.5, 0.6) is 0 Å². The molecule has 0 heterocycles. The number of amides is 1. The topological polar surface area (TPSA) is 63.2 Å². The van der Waals surface area contributed by atoms with Crippen LogP contribution in [0, 0.1) is 0 Å². The van der Waals surface area contributed by atoms with Crippen molar-refractivity contribution in [3.63, 3.8) is 0 Å². The summed E-state index contributed by atoms with van der Waals surface area (Å²) >= 11 is 0. The monoisotopic (exact) mass is 313 g/mol. The maximum absolute atomic E-state index is 12.9. The second-order valence-corrected chi connectivity index (χ2v) is 9.65. The smallest absolute Gasteiger partial charge is 0.241 e. The Balaban J connectivity index is 1.68. The molecule has 3 rings (SSSR count). The van der Waals surface area contributed by atoms with Crippen LogP contribution in [0.15, 0.2) is 0 Å². The fourth-order valence-corrected chi connectivity index (χ4v) is 6.59. The minimum Gasteiger partial charge on any atom is -0.352 e. The van der Waals surface area contributed by atoms with Gasteiger partial charge < -0.3 is 5.32 Å². The molecule has 0 bridgehead atoms. The summed E-state index contributed by atoms with van der Waals surface area (Å²) in [6, 6.07) is 0.199. The highest BCUT2D eigenvalue weighted by atomic mass is 32.2. The van der Waals surface area contributed by atoms with Crippen LogP contribution >= 0.6 is 0 Å². The molecule has 4 nitrogen and oxygen atoms in total. The molecule has 0 aromatic carbocycles. The number of carbonyl (C=O) groups excluding carboxylic acids is 1. The fourth-order valence-electron chi connectivity index (χ4n) is 4.01. The van der Waals surface area contributed by atoms with Crippen LogP contribution in [-0.2, 0) is 14.6 Å². The normalized spacial score (nSPS) is 27.2. The highest BCUT2D eigenvalue weighted by Gasteiger charge is 2.62. The van der Waals surface area contributed by atoms with Crippen molar-refractivity contribution in [2.24, 2.45) is 0 Å². The molecule has 0 radical (unpaired) electrons. The van der Waals surface area contributed by atoms with Gasteiger partial charge in [0.2, 0.25) is 5.91 Å². The summed E-state index contributed by atoms with van der Waals surface area (Å²) in [5.74, 6) is -0.194. The van der Waals surface area contributed by atoms with Crippen molar-refractivity contribution >= 4 is 15.7 Å². The van der Waals surface area contributed by atoms with Gasteiger partial charge in [0.05, 0.1) is 5.25 Å². The minimum absolute atomic E-state index is 0.194. The van der Waals surface area contributed by atoms with E-state index in [9.17, 15) is 13.2 Å². The van der Waals surface area contributed by atoms with Gasteiger partial charge in [0.25, 0.3) is 0 Å². The predicted octanol–water partition coefficient (Wildman–Crippen LogP) is 2.72. The van der Waals surface area contributed by atoms with E-state index in [1.807, 2.05) is 0 Å². The highest BCUT2D eigenvalue weighted by molar-refractivity contribution is 7.94. The Morgan fingerprint density at radius 2 is 1.38 bits per heavy atom. The van der Waals surface area contributed by atoms with Gasteiger partial charge in [-0.05, 0) is 38.5 Å². The van der Waals surface area contributed by atoms with E-state index < -0.39 is 14.6 Å². The first kappa shape index (κ1) is 15.3. The molecule has 1 N–H and O–H groups in total. The van der Waals surface area contributed by atoms with Gasteiger partial charge in [-0.1, -0.05) is 38.5 Å². The Labute approximate surface area is 128 Å². The molecular formula is C16H27NO3S. The van der Waals surface area contributed by atoms with Crippen LogP contribution in [-0.4, -0.2) is 30.4 Å². The standard InChI is InChI=1S/C16H27NO3S/c18-15(17-13-7-3-1-4-8-13)16(11-12-16)21(19,20)14-9-5-2-6-10-14/h13-14H,1-12H2,(H,17,18). The van der Waals surface area contributed by atoms with E-state index in [4.69, 9.17) is 0 Å². The van der Waals surface area contributed by atoms with E-state index in [0.717, 1.165) is 57.8 Å². The molecule has 0 atom stereocenters. The molecule has 0 unspecified atom stereocenters. The van der Waals surface area contributed by atoms with E-state index in [2.05, 4.69) is 5.32 Å². The molecular weight excluding hydrogens is 286 g/mol. The summed E-state index contributed by atoms with van der Waals surface area (Å²) in [5, 5.41) is 2.78. The Kier molecular flexibility index (Phi) is 4.30. The molecule has 3 fully saturated rings. The van der Waals surface area contributed by atoms with Crippen molar-refractivity contribution in [1.29, 1.82) is 0 Å². The molecule has 5 heteroatoms. The average Bonchev–Trinajstić information content (AvgIpc) is 3.31. The first-order valence-electron chi connectivity index (χ1n) is 8.61. The summed E-state index contributed by atoms with van der Waals surface area (Å²) < 4.78 is 24.7. The van der Waals surface area contributed by atoms with Crippen LogP contribution in [0.1, 0.15) is 77.0 Å². The maximum atomic E-state index is 12.9. The molecule has 0 aliphatic heterocycles. The third-order valence-corrected chi connectivity index (χ3v) is 8.63. The summed E-state index contributed by atoms with van der Waals surface area (Å²) in [4.78, 5) is 12.6. The fraction of sp³-hybridized carbons (Fsp3) is 0.938. The lowest BCUT2D eigenvalue weighted by Gasteiger charge is -2.29. The SMILES string of the molecule is O=C(NC1CCCCC1)C1(S(=O)(=O)C2CCCCC2)CC1. The van der Waals surface area contributed by atoms with Gasteiger partial charge in [0.1, 0.15) is 0 Å². The van der Waals surface area contributed by atoms with Crippen molar-refractivity contribution in [1.82, 2.24) is 5.32 Å². The predicted molar refractivity (Wildman–Crippen MR) is 82.8 cm³/mol. The zero-order chi connectivity index (χ0) is 14.9. The van der Waals surface area contributed by atoms with Gasteiger partial charge in [-0.25, -0.2) is 8.42 Å². The van der Waals surface area contributed by atoms with Crippen LogP contribution in [0.3, 0.4) is 0 Å². The number of rotatable bonds is 4. The number of hydrogen-bond acceptors (Lipinski definition) is 3. The summed E-state index contributed by atoms with van der Waals surface area (Å²) in [7, 11) is -3.31. The van der Waals surface area contributed by atoms with Gasteiger partial charge in [-0.2, -0.15) is 0 Å². The summed E-state index contributed by atoms with van der Waals surface area (Å²) in [6.45, 7) is 0. The van der Waals surface area contributed by atoms with Crippen LogP contribution in [0.4, 0.5) is 0 Å². The van der Waals surface area contributed by atoms with Crippen molar-refractivity contribution in [2.45, 2.75) is 93.1 Å². The molecule has 3 aliphatic rings. The zero-order valence-corrected chi connectivity index (χ0v) is 13.6. The molecule has 120 valence electrons. The molecule has 21 heavy (non-hydrogen) atoms. The Morgan fingerprint density at radius 1 is 0.857 bits per heavy atom. The largest absolute Gasteiger partial charge is 0.352 e. The zero-order valence-electron chi connectivity index (χ0n) is 12.8. The van der Waals surface area contributed by atoms with Gasteiger partial charge in [0.15, 0.2) is 14.6 Å². The maximum Gasteiger partial charge on any atom is 0.241 e. The van der Waals surface area contributed by atoms with Crippen molar-refractivity contribution in [3.05, 3.63) is 0 Å². The molecule has 0 aromatic rings. The van der Waals surface area contributed by atoms with E-state index in [-0.39, 0.29) is 17.2 Å².